The third-order valence-corrected chi connectivity index (χ3v) is 2.22. The van der Waals surface area contributed by atoms with Gasteiger partial charge in [-0.3, -0.25) is 0 Å². The minimum Gasteiger partial charge on any atom is -0.479 e. The highest BCUT2D eigenvalue weighted by atomic mass is 16.5. The number of carboxylic acid groups (broad SMARTS) is 1. The molecule has 0 spiro atoms. The molecule has 1 rings (SSSR count). The maximum atomic E-state index is 10.5. The number of carbonyl (C=O) groups is 1. The van der Waals surface area contributed by atoms with E-state index in [2.05, 4.69) is 4.90 Å². The zero-order chi connectivity index (χ0) is 10.6. The summed E-state index contributed by atoms with van der Waals surface area (Å²) in [6.45, 7) is 4.27. The number of hydrogen-bond acceptors (Lipinski definition) is 4. The molecule has 0 aromatic heterocycles. The average Bonchev–Trinajstić information content (AvgIpc) is 2.14. The Kier molecular flexibility index (Phi) is 4.31. The lowest BCUT2D eigenvalue weighted by Crippen LogP contribution is -2.43. The van der Waals surface area contributed by atoms with Gasteiger partial charge in [0.25, 0.3) is 0 Å². The lowest BCUT2D eigenvalue weighted by Gasteiger charge is -2.30. The molecule has 5 nitrogen and oxygen atoms in total. The van der Waals surface area contributed by atoms with Gasteiger partial charge in [0, 0.05) is 13.1 Å². The Labute approximate surface area is 83.6 Å². The van der Waals surface area contributed by atoms with Crippen molar-refractivity contribution >= 4 is 5.97 Å². The van der Waals surface area contributed by atoms with Crippen molar-refractivity contribution in [3.05, 3.63) is 0 Å². The van der Waals surface area contributed by atoms with Crippen molar-refractivity contribution in [3.63, 3.8) is 0 Å². The molecule has 1 N–H and O–H groups in total. The van der Waals surface area contributed by atoms with Crippen LogP contribution in [0.3, 0.4) is 0 Å². The van der Waals surface area contributed by atoms with E-state index in [0.29, 0.717) is 13.2 Å². The second-order valence-corrected chi connectivity index (χ2v) is 3.57. The van der Waals surface area contributed by atoms with Crippen LogP contribution in [0.15, 0.2) is 0 Å². The van der Waals surface area contributed by atoms with Crippen LogP contribution in [0.1, 0.15) is 6.92 Å². The maximum Gasteiger partial charge on any atom is 0.332 e. The molecule has 1 fully saturated rings. The highest BCUT2D eigenvalue weighted by Gasteiger charge is 2.20. The van der Waals surface area contributed by atoms with Crippen molar-refractivity contribution in [2.45, 2.75) is 19.1 Å². The third-order valence-electron chi connectivity index (χ3n) is 2.22. The summed E-state index contributed by atoms with van der Waals surface area (Å²) in [4.78, 5) is 12.6. The van der Waals surface area contributed by atoms with Crippen LogP contribution in [0.5, 0.6) is 0 Å². The number of carboxylic acids is 1. The summed E-state index contributed by atoms with van der Waals surface area (Å²) in [7, 11) is 2.01. The average molecular weight is 203 g/mol. The Balaban J connectivity index is 2.20. The van der Waals surface area contributed by atoms with Gasteiger partial charge in [0.2, 0.25) is 0 Å². The number of nitrogens with zero attached hydrogens (tertiary/aromatic N) is 1. The fourth-order valence-electron chi connectivity index (χ4n) is 1.29. The Morgan fingerprint density at radius 3 is 3.07 bits per heavy atom. The number of likely N-dealkylation sites (N-methyl/N-ethyl adjacent to an activating group) is 1. The smallest absolute Gasteiger partial charge is 0.332 e. The Bertz CT molecular complexity index is 197. The molecule has 1 heterocycles. The first-order valence-corrected chi connectivity index (χ1v) is 4.74. The van der Waals surface area contributed by atoms with Crippen LogP contribution in [0.2, 0.25) is 0 Å². The fraction of sp³-hybridized carbons (Fsp3) is 0.889. The summed E-state index contributed by atoms with van der Waals surface area (Å²) in [5.74, 6) is -0.936. The second-order valence-electron chi connectivity index (χ2n) is 3.57. The van der Waals surface area contributed by atoms with E-state index in [1.807, 2.05) is 7.05 Å². The van der Waals surface area contributed by atoms with E-state index >= 15 is 0 Å². The van der Waals surface area contributed by atoms with Crippen LogP contribution >= 0.6 is 0 Å². The Morgan fingerprint density at radius 2 is 2.50 bits per heavy atom. The first-order valence-electron chi connectivity index (χ1n) is 4.74. The van der Waals surface area contributed by atoms with Crippen molar-refractivity contribution < 1.29 is 19.4 Å². The zero-order valence-electron chi connectivity index (χ0n) is 8.60. The van der Waals surface area contributed by atoms with E-state index in [9.17, 15) is 4.79 Å². The van der Waals surface area contributed by atoms with Crippen LogP contribution in [0, 0.1) is 0 Å². The quantitative estimate of drug-likeness (QED) is 0.686. The van der Waals surface area contributed by atoms with E-state index in [1.165, 1.54) is 6.92 Å². The molecule has 14 heavy (non-hydrogen) atoms. The lowest BCUT2D eigenvalue weighted by molar-refractivity contribution is -0.153. The second kappa shape index (κ2) is 5.29. The molecule has 0 amide bonds. The topological polar surface area (TPSA) is 59.0 Å². The lowest BCUT2D eigenvalue weighted by atomic mass is 10.3. The van der Waals surface area contributed by atoms with Gasteiger partial charge in [-0.05, 0) is 14.0 Å². The van der Waals surface area contributed by atoms with Crippen molar-refractivity contribution in [1.29, 1.82) is 0 Å². The van der Waals surface area contributed by atoms with Gasteiger partial charge in [-0.2, -0.15) is 0 Å². The van der Waals surface area contributed by atoms with E-state index in [1.54, 1.807) is 0 Å². The van der Waals surface area contributed by atoms with Gasteiger partial charge >= 0.3 is 5.97 Å². The third kappa shape index (κ3) is 3.61. The zero-order valence-corrected chi connectivity index (χ0v) is 8.60. The summed E-state index contributed by atoms with van der Waals surface area (Å²) in [5.41, 5.74) is 0. The number of aliphatic carboxylic acids is 1. The summed E-state index contributed by atoms with van der Waals surface area (Å²) in [6.07, 6.45) is -0.763. The standard InChI is InChI=1S/C9H17NO4/c1-7(9(11)12)14-6-8-5-10(2)3-4-13-8/h7-8H,3-6H2,1-2H3,(H,11,12). The molecule has 0 aromatic rings. The molecule has 0 saturated carbocycles. The molecule has 0 aromatic carbocycles. The van der Waals surface area contributed by atoms with Crippen molar-refractivity contribution in [1.82, 2.24) is 4.90 Å². The number of morpholine rings is 1. The first-order chi connectivity index (χ1) is 6.59. The Morgan fingerprint density at radius 1 is 1.79 bits per heavy atom. The number of rotatable bonds is 4. The molecule has 1 aliphatic heterocycles. The molecule has 0 bridgehead atoms. The molecular formula is C9H17NO4. The van der Waals surface area contributed by atoms with Gasteiger partial charge in [-0.25, -0.2) is 4.79 Å². The van der Waals surface area contributed by atoms with Gasteiger partial charge in [0.1, 0.15) is 0 Å². The minimum absolute atomic E-state index is 0.00412. The highest BCUT2D eigenvalue weighted by molar-refractivity contribution is 5.71. The predicted molar refractivity (Wildman–Crippen MR) is 50.3 cm³/mol. The molecule has 0 radical (unpaired) electrons. The summed E-state index contributed by atoms with van der Waals surface area (Å²) >= 11 is 0. The molecular weight excluding hydrogens is 186 g/mol. The summed E-state index contributed by atoms with van der Waals surface area (Å²) < 4.78 is 10.6. The van der Waals surface area contributed by atoms with E-state index in [4.69, 9.17) is 14.6 Å². The molecule has 82 valence electrons. The van der Waals surface area contributed by atoms with Crippen LogP contribution in [0.4, 0.5) is 0 Å². The van der Waals surface area contributed by atoms with Crippen molar-refractivity contribution in [2.24, 2.45) is 0 Å². The van der Waals surface area contributed by atoms with E-state index in [-0.39, 0.29) is 6.10 Å². The first kappa shape index (κ1) is 11.4. The van der Waals surface area contributed by atoms with Gasteiger partial charge in [-0.15, -0.1) is 0 Å². The Hall–Kier alpha value is -0.650. The maximum absolute atomic E-state index is 10.5. The van der Waals surface area contributed by atoms with E-state index < -0.39 is 12.1 Å². The van der Waals surface area contributed by atoms with Crippen LogP contribution in [-0.2, 0) is 14.3 Å². The number of ether oxygens (including phenoxy) is 2. The van der Waals surface area contributed by atoms with Gasteiger partial charge in [-0.1, -0.05) is 0 Å². The van der Waals surface area contributed by atoms with Crippen molar-refractivity contribution in [2.75, 3.05) is 33.4 Å². The molecule has 2 unspecified atom stereocenters. The van der Waals surface area contributed by atoms with Gasteiger partial charge < -0.3 is 19.5 Å². The van der Waals surface area contributed by atoms with Crippen molar-refractivity contribution in [3.8, 4) is 0 Å². The molecule has 1 saturated heterocycles. The minimum atomic E-state index is -0.936. The van der Waals surface area contributed by atoms with Gasteiger partial charge in [0.05, 0.1) is 19.3 Å². The monoisotopic (exact) mass is 203 g/mol. The van der Waals surface area contributed by atoms with Crippen LogP contribution in [0.25, 0.3) is 0 Å². The highest BCUT2D eigenvalue weighted by Crippen LogP contribution is 2.04. The molecule has 1 aliphatic rings. The largest absolute Gasteiger partial charge is 0.479 e. The van der Waals surface area contributed by atoms with E-state index in [0.717, 1.165) is 13.1 Å². The predicted octanol–water partition coefficient (Wildman–Crippen LogP) is -0.193. The van der Waals surface area contributed by atoms with Gasteiger partial charge in [0.15, 0.2) is 6.10 Å². The summed E-state index contributed by atoms with van der Waals surface area (Å²) in [6, 6.07) is 0. The van der Waals surface area contributed by atoms with Crippen LogP contribution < -0.4 is 0 Å². The molecule has 5 heteroatoms. The SMILES string of the molecule is CC(OCC1CN(C)CCO1)C(=O)O. The fourth-order valence-corrected chi connectivity index (χ4v) is 1.29. The molecule has 0 aliphatic carbocycles. The van der Waals surface area contributed by atoms with Crippen LogP contribution in [-0.4, -0.2) is 61.5 Å². The normalized spacial score (nSPS) is 26.0. The molecule has 2 atom stereocenters. The summed E-state index contributed by atoms with van der Waals surface area (Å²) in [5, 5.41) is 8.59. The number of hydrogen-bond donors (Lipinski definition) is 1.